The number of nitrogens with zero attached hydrogens (tertiary/aromatic N) is 1. The van der Waals surface area contributed by atoms with E-state index in [0.717, 1.165) is 0 Å². The first kappa shape index (κ1) is 14.1. The van der Waals surface area contributed by atoms with Crippen LogP contribution in [-0.4, -0.2) is 4.98 Å². The van der Waals surface area contributed by atoms with Crippen molar-refractivity contribution in [3.63, 3.8) is 0 Å². The summed E-state index contributed by atoms with van der Waals surface area (Å²) in [6, 6.07) is 23.9. The molecule has 0 saturated carbocycles. The second kappa shape index (κ2) is 5.69. The molecule has 0 aliphatic carbocycles. The van der Waals surface area contributed by atoms with Crippen molar-refractivity contribution in [2.75, 3.05) is 0 Å². The molecule has 0 spiro atoms. The van der Waals surface area contributed by atoms with Gasteiger partial charge in [0.2, 0.25) is 0 Å². The van der Waals surface area contributed by atoms with Crippen molar-refractivity contribution in [2.24, 2.45) is 0 Å². The molecule has 0 amide bonds. The molecular weight excluding hydrogens is 330 g/mol. The Kier molecular flexibility index (Phi) is 3.35. The van der Waals surface area contributed by atoms with E-state index in [-0.39, 0.29) is 0 Å². The third-order valence-electron chi connectivity index (χ3n) is 4.22. The third kappa shape index (κ3) is 2.24. The maximum absolute atomic E-state index is 4.23. The minimum absolute atomic E-state index is 1.17. The van der Waals surface area contributed by atoms with Gasteiger partial charge < -0.3 is 0 Å². The molecule has 1 nitrogen and oxygen atoms in total. The van der Waals surface area contributed by atoms with Gasteiger partial charge in [-0.2, -0.15) is 0 Å². The highest BCUT2D eigenvalue weighted by Gasteiger charge is 2.19. The summed E-state index contributed by atoms with van der Waals surface area (Å²) in [5.74, 6) is 0. The molecule has 1 aliphatic rings. The van der Waals surface area contributed by atoms with Crippen LogP contribution in [0.15, 0.2) is 98.7 Å². The summed E-state index contributed by atoms with van der Waals surface area (Å²) >= 11 is 3.65. The highest BCUT2D eigenvalue weighted by atomic mass is 32.2. The quantitative estimate of drug-likeness (QED) is 0.362. The Morgan fingerprint density at radius 3 is 2.58 bits per heavy atom. The topological polar surface area (TPSA) is 12.9 Å². The molecule has 2 heterocycles. The molecule has 3 aromatic carbocycles. The van der Waals surface area contributed by atoms with Crippen LogP contribution < -0.4 is 0 Å². The van der Waals surface area contributed by atoms with E-state index in [1.807, 2.05) is 30.2 Å². The summed E-state index contributed by atoms with van der Waals surface area (Å²) in [7, 11) is 0. The number of hydrogen-bond acceptors (Lipinski definition) is 3. The van der Waals surface area contributed by atoms with E-state index in [4.69, 9.17) is 0 Å². The number of rotatable bonds is 2. The van der Waals surface area contributed by atoms with Gasteiger partial charge in [0.15, 0.2) is 0 Å². The Hall–Kier alpha value is -2.23. The van der Waals surface area contributed by atoms with Crippen LogP contribution in [-0.2, 0) is 0 Å². The summed E-state index contributed by atoms with van der Waals surface area (Å²) in [5.41, 5.74) is 2.68. The predicted molar refractivity (Wildman–Crippen MR) is 102 cm³/mol. The lowest BCUT2D eigenvalue weighted by Crippen LogP contribution is -1.93. The molecule has 0 unspecified atom stereocenters. The smallest absolute Gasteiger partial charge is 0.0407 e. The van der Waals surface area contributed by atoms with Gasteiger partial charge in [0, 0.05) is 37.4 Å². The Morgan fingerprint density at radius 1 is 0.750 bits per heavy atom. The van der Waals surface area contributed by atoms with Crippen molar-refractivity contribution < 1.29 is 0 Å². The van der Waals surface area contributed by atoms with E-state index in [1.54, 1.807) is 11.8 Å². The molecule has 0 bridgehead atoms. The van der Waals surface area contributed by atoms with Gasteiger partial charge in [0.1, 0.15) is 0 Å². The largest absolute Gasteiger partial charge is 0.264 e. The summed E-state index contributed by atoms with van der Waals surface area (Å²) in [6.45, 7) is 0. The molecule has 0 radical (unpaired) electrons. The standard InChI is InChI=1S/C21H13NS2/c1-2-8-18-15(6-1)16-10-11-19(23-14-5-4-12-22-13-14)17-7-3-9-20(24-18)21(16)17/h1-13H. The Morgan fingerprint density at radius 2 is 1.67 bits per heavy atom. The van der Waals surface area contributed by atoms with Crippen LogP contribution in [0.1, 0.15) is 0 Å². The fourth-order valence-corrected chi connectivity index (χ4v) is 5.25. The van der Waals surface area contributed by atoms with Crippen LogP contribution in [0.3, 0.4) is 0 Å². The highest BCUT2D eigenvalue weighted by Crippen LogP contribution is 2.49. The van der Waals surface area contributed by atoms with Crippen molar-refractivity contribution in [3.05, 3.63) is 79.1 Å². The molecule has 0 fully saturated rings. The zero-order valence-electron chi connectivity index (χ0n) is 12.8. The van der Waals surface area contributed by atoms with E-state index in [2.05, 4.69) is 65.6 Å². The second-order valence-corrected chi connectivity index (χ2v) is 7.88. The van der Waals surface area contributed by atoms with Crippen molar-refractivity contribution in [2.45, 2.75) is 19.6 Å². The number of pyridine rings is 1. The fraction of sp³-hybridized carbons (Fsp3) is 0. The van der Waals surface area contributed by atoms with E-state index in [1.165, 1.54) is 41.5 Å². The minimum atomic E-state index is 1.17. The molecule has 1 aromatic heterocycles. The molecule has 3 heteroatoms. The summed E-state index contributed by atoms with van der Waals surface area (Å²) in [5, 5.41) is 2.69. The lowest BCUT2D eigenvalue weighted by atomic mass is 9.97. The molecule has 114 valence electrons. The van der Waals surface area contributed by atoms with E-state index < -0.39 is 0 Å². The first-order chi connectivity index (χ1) is 11.9. The average Bonchev–Trinajstić information content (AvgIpc) is 2.64. The average molecular weight is 343 g/mol. The number of aromatic nitrogens is 1. The number of hydrogen-bond donors (Lipinski definition) is 0. The van der Waals surface area contributed by atoms with Crippen LogP contribution >= 0.6 is 23.5 Å². The van der Waals surface area contributed by atoms with Gasteiger partial charge in [0.05, 0.1) is 0 Å². The molecule has 5 rings (SSSR count). The molecule has 0 atom stereocenters. The normalized spacial score (nSPS) is 12.2. The van der Waals surface area contributed by atoms with Gasteiger partial charge >= 0.3 is 0 Å². The van der Waals surface area contributed by atoms with Gasteiger partial charge in [-0.1, -0.05) is 59.9 Å². The van der Waals surface area contributed by atoms with Crippen molar-refractivity contribution in [1.82, 2.24) is 4.98 Å². The maximum atomic E-state index is 4.23. The fourth-order valence-electron chi connectivity index (χ4n) is 3.18. The number of benzene rings is 3. The van der Waals surface area contributed by atoms with Crippen molar-refractivity contribution >= 4 is 34.3 Å². The van der Waals surface area contributed by atoms with E-state index in [0.29, 0.717) is 0 Å². The predicted octanol–water partition coefficient (Wildman–Crippen LogP) is 6.52. The van der Waals surface area contributed by atoms with Gasteiger partial charge in [-0.15, -0.1) is 0 Å². The highest BCUT2D eigenvalue weighted by molar-refractivity contribution is 8.00. The molecule has 4 aromatic rings. The molecule has 0 N–H and O–H groups in total. The Bertz CT molecular complexity index is 1060. The molecule has 1 aliphatic heterocycles. The number of fused-ring (bicyclic) bond motifs is 2. The lowest BCUT2D eigenvalue weighted by molar-refractivity contribution is 1.24. The second-order valence-electron chi connectivity index (χ2n) is 5.68. The first-order valence-electron chi connectivity index (χ1n) is 7.81. The zero-order valence-corrected chi connectivity index (χ0v) is 14.4. The molecular formula is C21H13NS2. The van der Waals surface area contributed by atoms with Gasteiger partial charge in [-0.3, -0.25) is 4.98 Å². The Labute approximate surface area is 149 Å². The van der Waals surface area contributed by atoms with E-state index in [9.17, 15) is 0 Å². The van der Waals surface area contributed by atoms with Crippen LogP contribution in [0, 0.1) is 0 Å². The van der Waals surface area contributed by atoms with Crippen LogP contribution in [0.4, 0.5) is 0 Å². The minimum Gasteiger partial charge on any atom is -0.264 e. The summed E-state index contributed by atoms with van der Waals surface area (Å²) in [6.07, 6.45) is 3.74. The monoisotopic (exact) mass is 343 g/mol. The van der Waals surface area contributed by atoms with Gasteiger partial charge in [0.25, 0.3) is 0 Å². The van der Waals surface area contributed by atoms with Crippen molar-refractivity contribution in [3.8, 4) is 11.1 Å². The van der Waals surface area contributed by atoms with Crippen molar-refractivity contribution in [1.29, 1.82) is 0 Å². The van der Waals surface area contributed by atoms with Crippen LogP contribution in [0.25, 0.3) is 21.9 Å². The molecule has 0 saturated heterocycles. The van der Waals surface area contributed by atoms with E-state index >= 15 is 0 Å². The SMILES string of the molecule is c1cncc(Sc2ccc3c4c(cccc24)Sc2ccccc2-3)c1. The van der Waals surface area contributed by atoms with Gasteiger partial charge in [-0.25, -0.2) is 0 Å². The summed E-state index contributed by atoms with van der Waals surface area (Å²) < 4.78 is 0. The Balaban J connectivity index is 1.74. The molecule has 24 heavy (non-hydrogen) atoms. The maximum Gasteiger partial charge on any atom is 0.0407 e. The zero-order chi connectivity index (χ0) is 15.9. The van der Waals surface area contributed by atoms with Crippen LogP contribution in [0.2, 0.25) is 0 Å². The summed E-state index contributed by atoms with van der Waals surface area (Å²) in [4.78, 5) is 9.36. The van der Waals surface area contributed by atoms with Gasteiger partial charge in [-0.05, 0) is 46.8 Å². The lowest BCUT2D eigenvalue weighted by Gasteiger charge is -2.21. The van der Waals surface area contributed by atoms with Crippen LogP contribution in [0.5, 0.6) is 0 Å². The first-order valence-corrected chi connectivity index (χ1v) is 9.44. The third-order valence-corrected chi connectivity index (χ3v) is 6.41.